The molecular formula is C20H37N3OS2Si. The lowest BCUT2D eigenvalue weighted by Gasteiger charge is -2.38. The predicted molar refractivity (Wildman–Crippen MR) is 127 cm³/mol. The van der Waals surface area contributed by atoms with Crippen LogP contribution in [-0.2, 0) is 4.43 Å². The smallest absolute Gasteiger partial charge is 0.192 e. The lowest BCUT2D eigenvalue weighted by atomic mass is 10.0. The molecule has 0 aliphatic carbocycles. The lowest BCUT2D eigenvalue weighted by Crippen LogP contribution is -2.44. The molecular weight excluding hydrogens is 390 g/mol. The second-order valence-corrected chi connectivity index (χ2v) is 13.4. The number of nitrogens with one attached hydrogen (secondary N) is 1. The molecule has 1 aromatic carbocycles. The molecule has 27 heavy (non-hydrogen) atoms. The minimum absolute atomic E-state index is 0. The van der Waals surface area contributed by atoms with Crippen LogP contribution in [0.5, 0.6) is 0 Å². The van der Waals surface area contributed by atoms with Crippen LogP contribution in [0.2, 0.25) is 18.1 Å². The zero-order valence-corrected chi connectivity index (χ0v) is 20.6. The van der Waals surface area contributed by atoms with Crippen LogP contribution in [0.1, 0.15) is 44.4 Å². The van der Waals surface area contributed by atoms with Crippen LogP contribution in [-0.4, -0.2) is 46.0 Å². The van der Waals surface area contributed by atoms with Gasteiger partial charge in [0, 0.05) is 25.7 Å². The molecule has 154 valence electrons. The largest absolute Gasteiger partial charge is 0.413 e. The van der Waals surface area contributed by atoms with Crippen LogP contribution in [0, 0.1) is 11.3 Å². The Balaban J connectivity index is 0.00000338. The molecule has 0 unspecified atom stereocenters. The minimum atomic E-state index is -1.70. The number of likely N-dealkylation sites (N-methyl/N-ethyl adjacent to an activating group) is 1. The first kappa shape index (κ1) is 26.5. The Kier molecular flexibility index (Phi) is 10.7. The van der Waals surface area contributed by atoms with Gasteiger partial charge >= 0.3 is 0 Å². The van der Waals surface area contributed by atoms with Gasteiger partial charge in [0.2, 0.25) is 0 Å². The molecule has 0 radical (unpaired) electrons. The fourth-order valence-corrected chi connectivity index (χ4v) is 4.48. The Hall–Kier alpha value is -0.493. The van der Waals surface area contributed by atoms with Crippen LogP contribution in [0.15, 0.2) is 24.3 Å². The van der Waals surface area contributed by atoms with Gasteiger partial charge in [-0.25, -0.2) is 0 Å². The number of rotatable bonds is 6. The molecule has 1 N–H and O–H groups in total. The summed E-state index contributed by atoms with van der Waals surface area (Å²) in [6.07, 6.45) is 1.46. The molecule has 2 rings (SSSR count). The van der Waals surface area contributed by atoms with Crippen molar-refractivity contribution in [2.75, 3.05) is 26.7 Å². The molecule has 0 amide bonds. The van der Waals surface area contributed by atoms with E-state index in [1.807, 2.05) is 25.2 Å². The normalized spacial score (nSPS) is 18.9. The van der Waals surface area contributed by atoms with E-state index in [0.717, 1.165) is 31.6 Å². The summed E-state index contributed by atoms with van der Waals surface area (Å²) in [6, 6.07) is 10.4. The summed E-state index contributed by atoms with van der Waals surface area (Å²) in [5.41, 5.74) is 1.90. The van der Waals surface area contributed by atoms with Crippen molar-refractivity contribution < 1.29 is 4.43 Å². The summed E-state index contributed by atoms with van der Waals surface area (Å²) in [7, 11) is 0.287. The molecule has 0 aromatic heterocycles. The van der Waals surface area contributed by atoms with Crippen molar-refractivity contribution in [3.63, 3.8) is 0 Å². The molecule has 1 heterocycles. The van der Waals surface area contributed by atoms with Gasteiger partial charge in [0.25, 0.3) is 0 Å². The first-order chi connectivity index (χ1) is 11.7. The van der Waals surface area contributed by atoms with Crippen molar-refractivity contribution in [1.82, 2.24) is 10.2 Å². The Morgan fingerprint density at radius 1 is 1.33 bits per heavy atom. The van der Waals surface area contributed by atoms with Gasteiger partial charge < -0.3 is 9.74 Å². The van der Waals surface area contributed by atoms with E-state index in [2.05, 4.69) is 56.2 Å². The summed E-state index contributed by atoms with van der Waals surface area (Å²) < 4.78 is 6.58. The summed E-state index contributed by atoms with van der Waals surface area (Å²) in [5.74, 6) is 0. The summed E-state index contributed by atoms with van der Waals surface area (Å²) >= 11 is 0. The molecule has 4 nitrogen and oxygen atoms in total. The Morgan fingerprint density at radius 2 is 2.00 bits per heavy atom. The van der Waals surface area contributed by atoms with E-state index < -0.39 is 8.32 Å². The number of hydrogen-bond donors (Lipinski definition) is 1. The Bertz CT molecular complexity index is 628. The average molecular weight is 428 g/mol. The number of likely N-dealkylation sites (tertiary alicyclic amines) is 1. The van der Waals surface area contributed by atoms with Crippen molar-refractivity contribution in [1.29, 1.82) is 5.26 Å². The molecule has 0 bridgehead atoms. The zero-order chi connectivity index (χ0) is 18.7. The molecule has 7 heteroatoms. The van der Waals surface area contributed by atoms with Crippen LogP contribution in [0.3, 0.4) is 0 Å². The second kappa shape index (κ2) is 10.9. The molecule has 1 aliphatic rings. The number of nitriles is 1. The highest BCUT2D eigenvalue weighted by Crippen LogP contribution is 2.38. The highest BCUT2D eigenvalue weighted by molar-refractivity contribution is 7.59. The topological polar surface area (TPSA) is 48.3 Å². The van der Waals surface area contributed by atoms with Gasteiger partial charge in [0.1, 0.15) is 0 Å². The second-order valence-electron chi connectivity index (χ2n) is 8.63. The fourth-order valence-electron chi connectivity index (χ4n) is 3.10. The molecule has 0 saturated carbocycles. The standard InChI is InChI=1S/C20H33N3OSi.2H2S/c1-20(2,3)25(5,6)24-18-10-11-23(14-18)15-19(22-4)17-9-7-8-16(12-17)13-21;;/h7-9,12,18-19,22H,10-11,14-15H2,1-6H3;2*1H2/t18-,19+;;/m0../s1. The van der Waals surface area contributed by atoms with E-state index in [0.29, 0.717) is 6.10 Å². The van der Waals surface area contributed by atoms with Gasteiger partial charge in [-0.1, -0.05) is 32.9 Å². The van der Waals surface area contributed by atoms with E-state index >= 15 is 0 Å². The third-order valence-corrected chi connectivity index (χ3v) is 10.2. The summed E-state index contributed by atoms with van der Waals surface area (Å²) in [6.45, 7) is 14.6. The monoisotopic (exact) mass is 427 g/mol. The van der Waals surface area contributed by atoms with Crippen molar-refractivity contribution in [2.24, 2.45) is 0 Å². The molecule has 1 aromatic rings. The first-order valence-corrected chi connectivity index (χ1v) is 12.1. The van der Waals surface area contributed by atoms with Crippen LogP contribution in [0.4, 0.5) is 0 Å². The average Bonchev–Trinajstić information content (AvgIpc) is 2.98. The first-order valence-electron chi connectivity index (χ1n) is 9.24. The fraction of sp³-hybridized carbons (Fsp3) is 0.650. The van der Waals surface area contributed by atoms with Crippen LogP contribution < -0.4 is 5.32 Å². The number of hydrogen-bond acceptors (Lipinski definition) is 4. The maximum absolute atomic E-state index is 9.12. The van der Waals surface area contributed by atoms with Gasteiger partial charge in [0.05, 0.1) is 17.7 Å². The van der Waals surface area contributed by atoms with E-state index in [1.165, 1.54) is 5.56 Å². The Morgan fingerprint density at radius 3 is 2.56 bits per heavy atom. The third kappa shape index (κ3) is 7.12. The maximum Gasteiger partial charge on any atom is 0.192 e. The summed E-state index contributed by atoms with van der Waals surface area (Å²) in [5, 5.41) is 12.8. The van der Waals surface area contributed by atoms with Gasteiger partial charge in [0.15, 0.2) is 8.32 Å². The third-order valence-electron chi connectivity index (χ3n) is 5.70. The van der Waals surface area contributed by atoms with Gasteiger partial charge in [-0.2, -0.15) is 32.3 Å². The highest BCUT2D eigenvalue weighted by Gasteiger charge is 2.40. The van der Waals surface area contributed by atoms with Crippen LogP contribution in [0.25, 0.3) is 0 Å². The number of nitrogens with zero attached hydrogens (tertiary/aromatic N) is 2. The SMILES string of the molecule is CN[C@H](CN1CC[C@H](O[Si](C)(C)C(C)(C)C)C1)c1cccc(C#N)c1.S.S. The van der Waals surface area contributed by atoms with E-state index in [9.17, 15) is 0 Å². The minimum Gasteiger partial charge on any atom is -0.413 e. The van der Waals surface area contributed by atoms with E-state index in [1.54, 1.807) is 0 Å². The van der Waals surface area contributed by atoms with Gasteiger partial charge in [-0.15, -0.1) is 0 Å². The molecule has 1 saturated heterocycles. The lowest BCUT2D eigenvalue weighted by molar-refractivity contribution is 0.177. The van der Waals surface area contributed by atoms with Crippen LogP contribution >= 0.6 is 27.0 Å². The van der Waals surface area contributed by atoms with Crippen molar-refractivity contribution >= 4 is 35.3 Å². The molecule has 1 aliphatic heterocycles. The van der Waals surface area contributed by atoms with E-state index in [-0.39, 0.29) is 38.1 Å². The molecule has 2 atom stereocenters. The Labute approximate surface area is 180 Å². The quantitative estimate of drug-likeness (QED) is 0.693. The zero-order valence-electron chi connectivity index (χ0n) is 17.6. The van der Waals surface area contributed by atoms with E-state index in [4.69, 9.17) is 9.69 Å². The van der Waals surface area contributed by atoms with Gasteiger partial charge in [-0.3, -0.25) is 4.90 Å². The molecule has 0 spiro atoms. The maximum atomic E-state index is 9.12. The highest BCUT2D eigenvalue weighted by atomic mass is 32.1. The predicted octanol–water partition coefficient (Wildman–Crippen LogP) is 4.14. The van der Waals surface area contributed by atoms with Crippen molar-refractivity contribution in [3.8, 4) is 6.07 Å². The summed E-state index contributed by atoms with van der Waals surface area (Å²) in [4.78, 5) is 2.48. The van der Waals surface area contributed by atoms with Crippen molar-refractivity contribution in [3.05, 3.63) is 35.4 Å². The van der Waals surface area contributed by atoms with Gasteiger partial charge in [-0.05, 0) is 49.3 Å². The molecule has 1 fully saturated rings. The number of benzene rings is 1. The van der Waals surface area contributed by atoms with Crippen molar-refractivity contribution in [2.45, 2.75) is 57.5 Å².